The van der Waals surface area contributed by atoms with Crippen molar-refractivity contribution in [2.24, 2.45) is 0 Å². The van der Waals surface area contributed by atoms with E-state index in [9.17, 15) is 0 Å². The lowest BCUT2D eigenvalue weighted by Crippen LogP contribution is -2.10. The minimum Gasteiger partial charge on any atom is -0.481 e. The zero-order valence-corrected chi connectivity index (χ0v) is 15.3. The number of halogens is 1. The highest BCUT2D eigenvalue weighted by atomic mass is 35.5. The van der Waals surface area contributed by atoms with Gasteiger partial charge in [-0.15, -0.1) is 11.8 Å². The van der Waals surface area contributed by atoms with E-state index < -0.39 is 0 Å². The summed E-state index contributed by atoms with van der Waals surface area (Å²) in [7, 11) is 0. The molecular weight excluding hydrogens is 324 g/mol. The van der Waals surface area contributed by atoms with E-state index in [1.54, 1.807) is 23.9 Å². The fourth-order valence-electron chi connectivity index (χ4n) is 1.92. The van der Waals surface area contributed by atoms with Gasteiger partial charge in [0.1, 0.15) is 12.4 Å². The minimum atomic E-state index is 0.196. The van der Waals surface area contributed by atoms with Crippen LogP contribution < -0.4 is 4.74 Å². The van der Waals surface area contributed by atoms with Gasteiger partial charge < -0.3 is 4.74 Å². The zero-order valence-electron chi connectivity index (χ0n) is 13.7. The maximum Gasteiger partial charge on any atom is 0.149 e. The summed E-state index contributed by atoms with van der Waals surface area (Å²) in [6.07, 6.45) is 0. The number of hydrogen-bond acceptors (Lipinski definition) is 2. The highest BCUT2D eigenvalue weighted by Crippen LogP contribution is 2.25. The van der Waals surface area contributed by atoms with Gasteiger partial charge in [0.25, 0.3) is 0 Å². The molecule has 0 saturated heterocycles. The summed E-state index contributed by atoms with van der Waals surface area (Å²) in [5.41, 5.74) is 1.55. The van der Waals surface area contributed by atoms with E-state index in [0.29, 0.717) is 11.6 Å². The van der Waals surface area contributed by atoms with Crippen LogP contribution in [0.25, 0.3) is 0 Å². The van der Waals surface area contributed by atoms with Crippen LogP contribution in [0.1, 0.15) is 26.3 Å². The van der Waals surface area contributed by atoms with Gasteiger partial charge in [0.15, 0.2) is 0 Å². The van der Waals surface area contributed by atoms with Gasteiger partial charge in [-0.3, -0.25) is 0 Å². The lowest BCUT2D eigenvalue weighted by molar-refractivity contribution is 0.370. The largest absolute Gasteiger partial charge is 0.481 e. The molecule has 0 bridgehead atoms. The molecule has 0 aromatic heterocycles. The van der Waals surface area contributed by atoms with Crippen LogP contribution in [0.5, 0.6) is 5.75 Å². The van der Waals surface area contributed by atoms with Crippen LogP contribution >= 0.6 is 23.4 Å². The predicted octanol–water partition coefficient (Wildman–Crippen LogP) is 5.81. The molecule has 0 atom stereocenters. The van der Waals surface area contributed by atoms with E-state index in [4.69, 9.17) is 16.3 Å². The Morgan fingerprint density at radius 2 is 1.61 bits per heavy atom. The van der Waals surface area contributed by atoms with Crippen LogP contribution in [0.15, 0.2) is 53.4 Å². The van der Waals surface area contributed by atoms with E-state index in [-0.39, 0.29) is 5.41 Å². The van der Waals surface area contributed by atoms with E-state index in [2.05, 4.69) is 56.9 Å². The van der Waals surface area contributed by atoms with Crippen molar-refractivity contribution >= 4 is 23.4 Å². The molecule has 0 N–H and O–H groups in total. The second kappa shape index (κ2) is 8.34. The third-order valence-corrected chi connectivity index (χ3v) is 4.43. The van der Waals surface area contributed by atoms with Crippen molar-refractivity contribution in [1.29, 1.82) is 0 Å². The molecule has 120 valence electrons. The van der Waals surface area contributed by atoms with Crippen molar-refractivity contribution in [3.63, 3.8) is 0 Å². The topological polar surface area (TPSA) is 9.23 Å². The smallest absolute Gasteiger partial charge is 0.149 e. The Morgan fingerprint density at radius 1 is 0.957 bits per heavy atom. The molecule has 0 aliphatic heterocycles. The molecule has 0 aliphatic rings. The Hall–Kier alpha value is -1.56. The van der Waals surface area contributed by atoms with E-state index in [1.807, 2.05) is 12.1 Å². The van der Waals surface area contributed by atoms with Gasteiger partial charge in [-0.2, -0.15) is 0 Å². The Morgan fingerprint density at radius 3 is 2.22 bits per heavy atom. The number of benzene rings is 2. The second-order valence-corrected chi connectivity index (χ2v) is 7.64. The highest BCUT2D eigenvalue weighted by Gasteiger charge is 2.12. The van der Waals surface area contributed by atoms with Gasteiger partial charge >= 0.3 is 0 Å². The Kier molecular flexibility index (Phi) is 6.45. The van der Waals surface area contributed by atoms with Gasteiger partial charge in [0, 0.05) is 9.92 Å². The molecule has 0 unspecified atom stereocenters. The van der Waals surface area contributed by atoms with E-state index >= 15 is 0 Å². The Bertz CT molecular complexity index is 673. The van der Waals surface area contributed by atoms with Gasteiger partial charge in [-0.05, 0) is 47.4 Å². The van der Waals surface area contributed by atoms with Crippen LogP contribution in [-0.2, 0) is 5.41 Å². The summed E-state index contributed by atoms with van der Waals surface area (Å²) < 4.78 is 5.52. The van der Waals surface area contributed by atoms with Gasteiger partial charge in [0.05, 0.1) is 5.75 Å². The average Bonchev–Trinajstić information content (AvgIpc) is 2.52. The summed E-state index contributed by atoms with van der Waals surface area (Å²) in [5.74, 6) is 7.70. The summed E-state index contributed by atoms with van der Waals surface area (Å²) in [6, 6.07) is 16.0. The molecule has 0 radical (unpaired) electrons. The molecule has 0 heterocycles. The van der Waals surface area contributed by atoms with Crippen LogP contribution in [0.2, 0.25) is 5.02 Å². The number of ether oxygens (including phenoxy) is 1. The zero-order chi connectivity index (χ0) is 16.7. The number of thioether (sulfide) groups is 1. The lowest BCUT2D eigenvalue weighted by atomic mass is 9.87. The van der Waals surface area contributed by atoms with Crippen LogP contribution in [0, 0.1) is 11.8 Å². The average molecular weight is 345 g/mol. The molecule has 0 spiro atoms. The maximum atomic E-state index is 5.82. The normalized spacial score (nSPS) is 10.8. The quantitative estimate of drug-likeness (QED) is 0.511. The lowest BCUT2D eigenvalue weighted by Gasteiger charge is -2.18. The molecule has 0 saturated carbocycles. The third-order valence-electron chi connectivity index (χ3n) is 3.28. The standard InChI is InChI=1S/C20H21ClOS/c1-20(2,3)16-6-12-19(13-7-16)23-15-5-4-14-22-18-10-8-17(21)9-11-18/h6-13H,14-15H2,1-3H3. The monoisotopic (exact) mass is 344 g/mol. The molecule has 1 nitrogen and oxygen atoms in total. The van der Waals surface area contributed by atoms with Crippen LogP contribution in [0.3, 0.4) is 0 Å². The fourth-order valence-corrected chi connectivity index (χ4v) is 2.72. The van der Waals surface area contributed by atoms with Crippen molar-refractivity contribution in [3.8, 4) is 17.6 Å². The Labute approximate surface area is 148 Å². The van der Waals surface area contributed by atoms with Gasteiger partial charge in [0.2, 0.25) is 0 Å². The summed E-state index contributed by atoms with van der Waals surface area (Å²) in [6.45, 7) is 7.06. The van der Waals surface area contributed by atoms with Crippen molar-refractivity contribution in [3.05, 3.63) is 59.1 Å². The van der Waals surface area contributed by atoms with Crippen LogP contribution in [0.4, 0.5) is 0 Å². The first kappa shape index (κ1) is 17.8. The molecule has 0 aliphatic carbocycles. The first-order valence-corrected chi connectivity index (χ1v) is 8.89. The molecule has 0 fully saturated rings. The molecule has 2 rings (SSSR count). The molecule has 3 heteroatoms. The summed E-state index contributed by atoms with van der Waals surface area (Å²) >= 11 is 7.56. The Balaban J connectivity index is 1.74. The van der Waals surface area contributed by atoms with Gasteiger partial charge in [-0.25, -0.2) is 0 Å². The molecule has 2 aromatic carbocycles. The summed E-state index contributed by atoms with van der Waals surface area (Å²) in [5, 5.41) is 0.706. The number of hydrogen-bond donors (Lipinski definition) is 0. The van der Waals surface area contributed by atoms with E-state index in [0.717, 1.165) is 11.5 Å². The maximum absolute atomic E-state index is 5.82. The second-order valence-electron chi connectivity index (χ2n) is 6.16. The minimum absolute atomic E-state index is 0.196. The van der Waals surface area contributed by atoms with Crippen molar-refractivity contribution in [2.45, 2.75) is 31.1 Å². The molecule has 2 aromatic rings. The first-order valence-electron chi connectivity index (χ1n) is 7.52. The summed E-state index contributed by atoms with van der Waals surface area (Å²) in [4.78, 5) is 1.24. The van der Waals surface area contributed by atoms with Gasteiger partial charge in [-0.1, -0.05) is 56.3 Å². The van der Waals surface area contributed by atoms with E-state index in [1.165, 1.54) is 10.5 Å². The first-order chi connectivity index (χ1) is 10.9. The van der Waals surface area contributed by atoms with Crippen molar-refractivity contribution in [2.75, 3.05) is 12.4 Å². The highest BCUT2D eigenvalue weighted by molar-refractivity contribution is 7.99. The number of rotatable bonds is 4. The fraction of sp³-hybridized carbons (Fsp3) is 0.300. The molecular formula is C20H21ClOS. The SMILES string of the molecule is CC(C)(C)c1ccc(SCC#CCOc2ccc(Cl)cc2)cc1. The molecule has 23 heavy (non-hydrogen) atoms. The predicted molar refractivity (Wildman–Crippen MR) is 101 cm³/mol. The van der Waals surface area contributed by atoms with Crippen molar-refractivity contribution in [1.82, 2.24) is 0 Å². The van der Waals surface area contributed by atoms with Crippen molar-refractivity contribution < 1.29 is 4.74 Å². The molecule has 0 amide bonds. The van der Waals surface area contributed by atoms with Crippen LogP contribution in [-0.4, -0.2) is 12.4 Å². The third kappa shape index (κ3) is 6.22.